The Balaban J connectivity index is 0.928. The molecule has 4 nitrogen and oxygen atoms in total. The third-order valence-electron chi connectivity index (χ3n) is 11.8. The second kappa shape index (κ2) is 12.5. The van der Waals surface area contributed by atoms with Crippen LogP contribution in [0.2, 0.25) is 0 Å². The summed E-state index contributed by atoms with van der Waals surface area (Å²) in [7, 11) is 0. The number of allylic oxidation sites excluding steroid dienone is 4. The van der Waals surface area contributed by atoms with Crippen molar-refractivity contribution in [2.45, 2.75) is 28.1 Å². The number of aromatic nitrogens is 1. The molecule has 0 N–H and O–H groups in total. The normalized spacial score (nSPS) is 20.1. The van der Waals surface area contributed by atoms with Gasteiger partial charge in [-0.05, 0) is 111 Å². The van der Waals surface area contributed by atoms with E-state index in [-0.39, 0.29) is 17.3 Å². The van der Waals surface area contributed by atoms with Gasteiger partial charge in [0.2, 0.25) is 0 Å². The summed E-state index contributed by atoms with van der Waals surface area (Å²) in [6.45, 7) is 0. The summed E-state index contributed by atoms with van der Waals surface area (Å²) in [5.41, 5.74) is 11.0. The number of hydrogen-bond donors (Lipinski definition) is 0. The average molecular weight is 739 g/mol. The predicted octanol–water partition coefficient (Wildman–Crippen LogP) is 13.3. The number of pyridine rings is 1. The zero-order valence-corrected chi connectivity index (χ0v) is 31.1. The van der Waals surface area contributed by atoms with Gasteiger partial charge in [-0.3, -0.25) is 4.98 Å². The fraction of sp³-hybridized carbons (Fsp3) is 0.0784. The van der Waals surface area contributed by atoms with Crippen molar-refractivity contribution in [3.63, 3.8) is 0 Å². The zero-order chi connectivity index (χ0) is 36.7. The Bertz CT molecular complexity index is 2970. The molecule has 4 atom stereocenters. The lowest BCUT2D eigenvalue weighted by Crippen LogP contribution is -2.20. The summed E-state index contributed by atoms with van der Waals surface area (Å²) in [6.07, 6.45) is 17.7. The van der Waals surface area contributed by atoms with Gasteiger partial charge in [-0.15, -0.1) is 11.8 Å². The standard InChI is InChI=1S/C51H34N2O2S/c1-3-11-41-37(8-1)38-9-2-4-12-42(38)51-50(41)43-26-24-36(29-49(43)56-51)53(35-22-17-32(18-23-35)47-30-44-46(55-47)14-7-27-52-44)34-20-15-31(16-21-34)33-19-25-40-39-10-5-6-13-45(39)54-48(40)28-33/h1-30,39,43,45,49H. The van der Waals surface area contributed by atoms with Gasteiger partial charge in [0.15, 0.2) is 5.58 Å². The van der Waals surface area contributed by atoms with Crippen LogP contribution in [0.4, 0.5) is 11.4 Å². The fourth-order valence-electron chi connectivity index (χ4n) is 9.14. The Kier molecular flexibility index (Phi) is 7.08. The van der Waals surface area contributed by atoms with E-state index < -0.39 is 0 Å². The Morgan fingerprint density at radius 2 is 1.32 bits per heavy atom. The SMILES string of the molecule is C1=CC2Oc3cc(-c4ccc(N(C5=CC6Sc7c(c8ccccc8c8ccccc78)C6C=C5)c5ccc(-c6cc7ncccc7o6)cc5)cc4)ccc3C2C=C1. The van der Waals surface area contributed by atoms with Crippen LogP contribution in [0.25, 0.3) is 55.1 Å². The number of hydrogen-bond acceptors (Lipinski definition) is 5. The van der Waals surface area contributed by atoms with E-state index in [0.29, 0.717) is 5.92 Å². The van der Waals surface area contributed by atoms with Crippen LogP contribution in [0.5, 0.6) is 5.75 Å². The second-order valence-electron chi connectivity index (χ2n) is 15.0. The molecule has 0 saturated heterocycles. The molecule has 4 unspecified atom stereocenters. The van der Waals surface area contributed by atoms with Crippen molar-refractivity contribution in [3.05, 3.63) is 199 Å². The molecular formula is C51H34N2O2S. The Labute approximate surface area is 328 Å². The summed E-state index contributed by atoms with van der Waals surface area (Å²) in [5, 5.41) is 5.62. The van der Waals surface area contributed by atoms with Crippen molar-refractivity contribution in [2.24, 2.45) is 0 Å². The molecule has 2 aliphatic carbocycles. The van der Waals surface area contributed by atoms with Gasteiger partial charge >= 0.3 is 0 Å². The molecule has 6 aromatic carbocycles. The van der Waals surface area contributed by atoms with E-state index in [1.807, 2.05) is 30.0 Å². The Morgan fingerprint density at radius 3 is 2.12 bits per heavy atom. The third-order valence-corrected chi connectivity index (χ3v) is 13.2. The lowest BCUT2D eigenvalue weighted by Gasteiger charge is -2.30. The molecule has 56 heavy (non-hydrogen) atoms. The number of fused-ring (bicyclic) bond motifs is 12. The maximum Gasteiger partial charge on any atom is 0.153 e. The van der Waals surface area contributed by atoms with Gasteiger partial charge in [0.05, 0.1) is 0 Å². The molecule has 0 saturated carbocycles. The van der Waals surface area contributed by atoms with Crippen molar-refractivity contribution >= 4 is 55.8 Å². The summed E-state index contributed by atoms with van der Waals surface area (Å²) >= 11 is 2.00. The van der Waals surface area contributed by atoms with E-state index in [4.69, 9.17) is 9.15 Å². The number of thioether (sulfide) groups is 1. The first-order valence-electron chi connectivity index (χ1n) is 19.2. The van der Waals surface area contributed by atoms with Crippen molar-refractivity contribution in [1.82, 2.24) is 4.98 Å². The van der Waals surface area contributed by atoms with Crippen LogP contribution in [0.15, 0.2) is 197 Å². The van der Waals surface area contributed by atoms with Crippen molar-refractivity contribution in [1.29, 1.82) is 0 Å². The predicted molar refractivity (Wildman–Crippen MR) is 230 cm³/mol. The maximum atomic E-state index is 6.36. The smallest absolute Gasteiger partial charge is 0.153 e. The van der Waals surface area contributed by atoms with Crippen LogP contribution in [0, 0.1) is 0 Å². The van der Waals surface area contributed by atoms with Crippen LogP contribution in [0.3, 0.4) is 0 Å². The van der Waals surface area contributed by atoms with Crippen LogP contribution in [0.1, 0.15) is 23.0 Å². The molecule has 0 fully saturated rings. The molecule has 2 aliphatic heterocycles. The number of furan rings is 1. The summed E-state index contributed by atoms with van der Waals surface area (Å²) < 4.78 is 12.6. The number of benzene rings is 6. The molecule has 12 rings (SSSR count). The zero-order valence-electron chi connectivity index (χ0n) is 30.2. The van der Waals surface area contributed by atoms with E-state index in [0.717, 1.165) is 56.4 Å². The van der Waals surface area contributed by atoms with Crippen molar-refractivity contribution in [3.8, 4) is 28.2 Å². The monoisotopic (exact) mass is 738 g/mol. The molecule has 2 aromatic heterocycles. The highest BCUT2D eigenvalue weighted by molar-refractivity contribution is 8.00. The van der Waals surface area contributed by atoms with Gasteiger partial charge in [0, 0.05) is 62.4 Å². The minimum Gasteiger partial charge on any atom is -0.485 e. The largest absolute Gasteiger partial charge is 0.485 e. The highest BCUT2D eigenvalue weighted by Gasteiger charge is 2.37. The molecule has 0 spiro atoms. The first kappa shape index (κ1) is 31.8. The quantitative estimate of drug-likeness (QED) is 0.164. The van der Waals surface area contributed by atoms with Crippen molar-refractivity contribution in [2.75, 3.05) is 4.90 Å². The van der Waals surface area contributed by atoms with Crippen LogP contribution in [-0.4, -0.2) is 16.3 Å². The topological polar surface area (TPSA) is 38.5 Å². The first-order chi connectivity index (χ1) is 27.7. The highest BCUT2D eigenvalue weighted by atomic mass is 32.2. The Hall–Kier alpha value is -6.56. The van der Waals surface area contributed by atoms with Crippen LogP contribution in [-0.2, 0) is 0 Å². The number of anilines is 2. The molecule has 4 aliphatic rings. The van der Waals surface area contributed by atoms with Gasteiger partial charge in [-0.25, -0.2) is 0 Å². The molecule has 4 heterocycles. The van der Waals surface area contributed by atoms with E-state index >= 15 is 0 Å². The summed E-state index contributed by atoms with van der Waals surface area (Å²) in [5.74, 6) is 2.36. The van der Waals surface area contributed by atoms with Gasteiger partial charge < -0.3 is 14.1 Å². The molecular weight excluding hydrogens is 705 g/mol. The van der Waals surface area contributed by atoms with Crippen LogP contribution >= 0.6 is 11.8 Å². The number of ether oxygens (including phenoxy) is 1. The number of nitrogens with zero attached hydrogens (tertiary/aromatic N) is 2. The second-order valence-corrected chi connectivity index (χ2v) is 16.1. The molecule has 5 heteroatoms. The molecule has 266 valence electrons. The lowest BCUT2D eigenvalue weighted by molar-refractivity contribution is 0.269. The molecule has 0 radical (unpaired) electrons. The van der Waals surface area contributed by atoms with Gasteiger partial charge in [0.25, 0.3) is 0 Å². The van der Waals surface area contributed by atoms with E-state index in [2.05, 4.69) is 168 Å². The van der Waals surface area contributed by atoms with Gasteiger partial charge in [-0.2, -0.15) is 0 Å². The van der Waals surface area contributed by atoms with Gasteiger partial charge in [0.1, 0.15) is 23.1 Å². The summed E-state index contributed by atoms with van der Waals surface area (Å²) in [6, 6.07) is 48.0. The van der Waals surface area contributed by atoms with Crippen molar-refractivity contribution < 1.29 is 9.15 Å². The average Bonchev–Trinajstić information content (AvgIpc) is 3.98. The molecule has 8 aromatic rings. The van der Waals surface area contributed by atoms with E-state index in [1.165, 1.54) is 37.6 Å². The van der Waals surface area contributed by atoms with Crippen LogP contribution < -0.4 is 9.64 Å². The fourth-order valence-corrected chi connectivity index (χ4v) is 10.7. The Morgan fingerprint density at radius 1 is 0.607 bits per heavy atom. The highest BCUT2D eigenvalue weighted by Crippen LogP contribution is 2.55. The summed E-state index contributed by atoms with van der Waals surface area (Å²) in [4.78, 5) is 8.27. The first-order valence-corrected chi connectivity index (χ1v) is 20.1. The van der Waals surface area contributed by atoms with Gasteiger partial charge in [-0.1, -0.05) is 97.1 Å². The maximum absolute atomic E-state index is 6.36. The minimum absolute atomic E-state index is 0.0794. The minimum atomic E-state index is 0.0794. The van der Waals surface area contributed by atoms with E-state index in [1.54, 1.807) is 6.20 Å². The van der Waals surface area contributed by atoms with E-state index in [9.17, 15) is 0 Å². The lowest BCUT2D eigenvalue weighted by atomic mass is 9.86. The number of rotatable bonds is 5. The third kappa shape index (κ3) is 4.97. The molecule has 0 bridgehead atoms. The molecule has 0 amide bonds.